The number of nitrogen functional groups attached to an aromatic ring is 1. The van der Waals surface area contributed by atoms with E-state index in [2.05, 4.69) is 15.3 Å². The van der Waals surface area contributed by atoms with Gasteiger partial charge in [0.1, 0.15) is 22.7 Å². The zero-order valence-corrected chi connectivity index (χ0v) is 21.8. The molecule has 0 aliphatic heterocycles. The lowest BCUT2D eigenvalue weighted by molar-refractivity contribution is -0.130. The lowest BCUT2D eigenvalue weighted by Crippen LogP contribution is -2.28. The molecular formula is C27H34N6O2S. The first-order valence-corrected chi connectivity index (χ1v) is 13.5. The molecule has 5 rings (SSSR count). The van der Waals surface area contributed by atoms with Crippen molar-refractivity contribution in [3.63, 3.8) is 0 Å². The number of aryl methyl sites for hydroxylation is 1. The van der Waals surface area contributed by atoms with Crippen LogP contribution >= 0.6 is 11.3 Å². The van der Waals surface area contributed by atoms with Crippen LogP contribution in [0.25, 0.3) is 10.2 Å². The predicted octanol–water partition coefficient (Wildman–Crippen LogP) is 5.17. The van der Waals surface area contributed by atoms with Gasteiger partial charge in [0, 0.05) is 48.4 Å². The summed E-state index contributed by atoms with van der Waals surface area (Å²) in [6, 6.07) is 3.54. The van der Waals surface area contributed by atoms with Crippen molar-refractivity contribution in [2.24, 2.45) is 11.8 Å². The van der Waals surface area contributed by atoms with Gasteiger partial charge in [-0.2, -0.15) is 0 Å². The number of hydrogen-bond acceptors (Lipinski definition) is 8. The molecule has 9 heteroatoms. The first-order valence-electron chi connectivity index (χ1n) is 12.7. The van der Waals surface area contributed by atoms with Crippen molar-refractivity contribution in [1.29, 1.82) is 5.41 Å². The second-order valence-electron chi connectivity index (χ2n) is 10.1. The normalized spacial score (nSPS) is 17.0. The highest BCUT2D eigenvalue weighted by molar-refractivity contribution is 7.19. The number of anilines is 3. The van der Waals surface area contributed by atoms with Gasteiger partial charge in [-0.3, -0.25) is 4.79 Å². The van der Waals surface area contributed by atoms with Gasteiger partial charge in [0.15, 0.2) is 0 Å². The third kappa shape index (κ3) is 5.16. The maximum absolute atomic E-state index is 12.4. The lowest BCUT2D eigenvalue weighted by Gasteiger charge is -2.23. The fraction of sp³-hybridized carbons (Fsp3) is 0.481. The molecular weight excluding hydrogens is 472 g/mol. The highest BCUT2D eigenvalue weighted by Crippen LogP contribution is 2.42. The number of nitrogens with zero attached hydrogens (tertiary/aromatic N) is 3. The van der Waals surface area contributed by atoms with Crippen LogP contribution in [0.1, 0.15) is 54.5 Å². The van der Waals surface area contributed by atoms with E-state index in [4.69, 9.17) is 15.9 Å². The Morgan fingerprint density at radius 1 is 1.31 bits per heavy atom. The van der Waals surface area contributed by atoms with Gasteiger partial charge >= 0.3 is 0 Å². The third-order valence-electron chi connectivity index (χ3n) is 7.42. The van der Waals surface area contributed by atoms with Gasteiger partial charge < -0.3 is 26.1 Å². The minimum absolute atomic E-state index is 0.288. The summed E-state index contributed by atoms with van der Waals surface area (Å²) >= 11 is 1.75. The monoisotopic (exact) mass is 506 g/mol. The zero-order chi connectivity index (χ0) is 25.2. The fourth-order valence-corrected chi connectivity index (χ4v) is 6.48. The summed E-state index contributed by atoms with van der Waals surface area (Å²) in [4.78, 5) is 25.9. The summed E-state index contributed by atoms with van der Waals surface area (Å²) in [6.45, 7) is 0.926. The Balaban J connectivity index is 1.29. The summed E-state index contributed by atoms with van der Waals surface area (Å²) < 4.78 is 5.52. The molecule has 0 radical (unpaired) electrons. The molecule has 1 amide bonds. The SMILES string of the molecule is COc1cc(N)c(C=N)cc1Nc1ncnc2sc3c(c12)CCC(CCCC(=O)N(C)CC1CC1)C3. The van der Waals surface area contributed by atoms with Crippen molar-refractivity contribution in [3.8, 4) is 5.75 Å². The number of aromatic nitrogens is 2. The van der Waals surface area contributed by atoms with E-state index in [1.54, 1.807) is 30.8 Å². The van der Waals surface area contributed by atoms with Crippen LogP contribution in [0.5, 0.6) is 5.75 Å². The van der Waals surface area contributed by atoms with E-state index in [1.807, 2.05) is 18.0 Å². The zero-order valence-electron chi connectivity index (χ0n) is 21.0. The number of carbonyl (C=O) groups is 1. The van der Waals surface area contributed by atoms with Crippen molar-refractivity contribution < 1.29 is 9.53 Å². The first-order chi connectivity index (χ1) is 17.5. The smallest absolute Gasteiger partial charge is 0.222 e. The van der Waals surface area contributed by atoms with Crippen LogP contribution < -0.4 is 15.8 Å². The molecule has 1 fully saturated rings. The van der Waals surface area contributed by atoms with Crippen LogP contribution in [-0.2, 0) is 17.6 Å². The quantitative estimate of drug-likeness (QED) is 0.258. The van der Waals surface area contributed by atoms with E-state index < -0.39 is 0 Å². The second-order valence-corrected chi connectivity index (χ2v) is 11.2. The van der Waals surface area contributed by atoms with E-state index in [1.165, 1.54) is 29.5 Å². The Labute approximate surface area is 215 Å². The summed E-state index contributed by atoms with van der Waals surface area (Å²) in [7, 11) is 3.55. The molecule has 8 nitrogen and oxygen atoms in total. The van der Waals surface area contributed by atoms with Crippen LogP contribution in [0.3, 0.4) is 0 Å². The largest absolute Gasteiger partial charge is 0.494 e. The minimum Gasteiger partial charge on any atom is -0.494 e. The number of nitrogens with one attached hydrogen (secondary N) is 2. The number of carbonyl (C=O) groups excluding carboxylic acids is 1. The Kier molecular flexibility index (Phi) is 7.09. The summed E-state index contributed by atoms with van der Waals surface area (Å²) in [5.74, 6) is 2.98. The van der Waals surface area contributed by atoms with Gasteiger partial charge in [0.05, 0.1) is 18.2 Å². The molecule has 0 bridgehead atoms. The highest BCUT2D eigenvalue weighted by Gasteiger charge is 2.27. The molecule has 36 heavy (non-hydrogen) atoms. The minimum atomic E-state index is 0.288. The van der Waals surface area contributed by atoms with Crippen molar-refractivity contribution in [1.82, 2.24) is 14.9 Å². The number of hydrogen-bond donors (Lipinski definition) is 3. The van der Waals surface area contributed by atoms with E-state index in [0.717, 1.165) is 66.3 Å². The van der Waals surface area contributed by atoms with Crippen LogP contribution in [0.15, 0.2) is 18.5 Å². The predicted molar refractivity (Wildman–Crippen MR) is 146 cm³/mol. The molecule has 190 valence electrons. The lowest BCUT2D eigenvalue weighted by atomic mass is 9.84. The van der Waals surface area contributed by atoms with E-state index in [0.29, 0.717) is 29.3 Å². The maximum Gasteiger partial charge on any atom is 0.222 e. The molecule has 1 aromatic carbocycles. The Morgan fingerprint density at radius 2 is 2.14 bits per heavy atom. The van der Waals surface area contributed by atoms with E-state index in [9.17, 15) is 4.79 Å². The van der Waals surface area contributed by atoms with E-state index in [-0.39, 0.29) is 5.91 Å². The standard InChI is InChI=1S/C27H34N6O2S/c1-33(14-17-6-7-17)24(34)5-3-4-16-8-9-19-23(10-16)36-27-25(19)26(30-15-31-27)32-21-11-18(13-28)20(29)12-22(21)35-2/h11-13,15-17,28H,3-10,14,29H2,1-2H3,(H,30,31,32). The van der Waals surface area contributed by atoms with E-state index >= 15 is 0 Å². The number of benzene rings is 1. The third-order valence-corrected chi connectivity index (χ3v) is 8.58. The molecule has 2 aromatic heterocycles. The first kappa shape index (κ1) is 24.5. The van der Waals surface area contributed by atoms with Crippen molar-refractivity contribution >= 4 is 50.9 Å². The molecule has 4 N–H and O–H groups in total. The van der Waals surface area contributed by atoms with Crippen LogP contribution in [-0.4, -0.2) is 47.7 Å². The number of fused-ring (bicyclic) bond motifs is 3. The maximum atomic E-state index is 12.4. The number of thiophene rings is 1. The fourth-order valence-electron chi connectivity index (χ4n) is 5.17. The van der Waals surface area contributed by atoms with Crippen LogP contribution in [0.2, 0.25) is 0 Å². The molecule has 3 aromatic rings. The van der Waals surface area contributed by atoms with Gasteiger partial charge in [-0.05, 0) is 68.4 Å². The Bertz CT molecular complexity index is 1280. The number of rotatable bonds is 10. The molecule has 1 unspecified atom stereocenters. The molecule has 0 saturated heterocycles. The molecule has 2 heterocycles. The van der Waals surface area contributed by atoms with Gasteiger partial charge in [-0.1, -0.05) is 0 Å². The summed E-state index contributed by atoms with van der Waals surface area (Å²) in [5.41, 5.74) is 9.20. The Hall–Kier alpha value is -3.20. The van der Waals surface area contributed by atoms with Gasteiger partial charge in [-0.15, -0.1) is 11.3 Å². The average Bonchev–Trinajstić information content (AvgIpc) is 3.61. The van der Waals surface area contributed by atoms with Gasteiger partial charge in [-0.25, -0.2) is 9.97 Å². The van der Waals surface area contributed by atoms with Crippen LogP contribution in [0.4, 0.5) is 17.2 Å². The second kappa shape index (κ2) is 10.4. The van der Waals surface area contributed by atoms with Crippen molar-refractivity contribution in [2.75, 3.05) is 31.8 Å². The van der Waals surface area contributed by atoms with Gasteiger partial charge in [0.2, 0.25) is 5.91 Å². The summed E-state index contributed by atoms with van der Waals surface area (Å²) in [6.07, 6.45) is 11.2. The molecule has 2 aliphatic carbocycles. The molecule has 2 aliphatic rings. The number of methoxy groups -OCH3 is 1. The molecule has 0 spiro atoms. The summed E-state index contributed by atoms with van der Waals surface area (Å²) in [5, 5.41) is 12.1. The average molecular weight is 507 g/mol. The molecule has 1 atom stereocenters. The number of ether oxygens (including phenoxy) is 1. The number of amides is 1. The van der Waals surface area contributed by atoms with Crippen molar-refractivity contribution in [3.05, 3.63) is 34.5 Å². The highest BCUT2D eigenvalue weighted by atomic mass is 32.1. The van der Waals surface area contributed by atoms with Gasteiger partial charge in [0.25, 0.3) is 0 Å². The Morgan fingerprint density at radius 3 is 2.89 bits per heavy atom. The molecule has 1 saturated carbocycles. The van der Waals surface area contributed by atoms with Crippen LogP contribution in [0, 0.1) is 17.2 Å². The number of nitrogens with two attached hydrogens (primary N) is 1. The topological polar surface area (TPSA) is 117 Å². The van der Waals surface area contributed by atoms with Crippen molar-refractivity contribution in [2.45, 2.75) is 51.4 Å².